The Kier molecular flexibility index (Phi) is 4.84. The Morgan fingerprint density at radius 1 is 1.12 bits per heavy atom. The quantitative estimate of drug-likeness (QED) is 0.366. The Balaban J connectivity index is 1.67. The Morgan fingerprint density at radius 3 is 2.62 bits per heavy atom. The molecule has 3 aromatic rings. The molecule has 0 aliphatic heterocycles. The molecule has 1 aromatic heterocycles. The molecule has 0 unspecified atom stereocenters. The summed E-state index contributed by atoms with van der Waals surface area (Å²) in [5.74, 6) is -1.31. The molecule has 26 heavy (non-hydrogen) atoms. The van der Waals surface area contributed by atoms with Crippen LogP contribution in [0.4, 0.5) is 0 Å². The summed E-state index contributed by atoms with van der Waals surface area (Å²) in [7, 11) is 0. The van der Waals surface area contributed by atoms with E-state index in [0.717, 1.165) is 0 Å². The lowest BCUT2D eigenvalue weighted by Crippen LogP contribution is -2.31. The second kappa shape index (κ2) is 7.39. The molecular formula is C18H15N3O5. The second-order valence-corrected chi connectivity index (χ2v) is 5.28. The SMILES string of the molecule is N=C(N)c1ccc2cocc2c1C(=O)NOC(=O)COc1ccccc1. The third-order valence-electron chi connectivity index (χ3n) is 3.53. The molecule has 8 nitrogen and oxygen atoms in total. The Bertz CT molecular complexity index is 965. The molecule has 1 amide bonds. The molecule has 2 aromatic carbocycles. The van der Waals surface area contributed by atoms with E-state index in [1.807, 2.05) is 11.5 Å². The maximum Gasteiger partial charge on any atom is 0.369 e. The zero-order valence-electron chi connectivity index (χ0n) is 13.5. The molecule has 4 N–H and O–H groups in total. The van der Waals surface area contributed by atoms with Crippen molar-refractivity contribution < 1.29 is 23.6 Å². The summed E-state index contributed by atoms with van der Waals surface area (Å²) in [6.45, 7) is -0.375. The van der Waals surface area contributed by atoms with E-state index in [9.17, 15) is 9.59 Å². The number of rotatable bonds is 5. The third kappa shape index (κ3) is 3.64. The van der Waals surface area contributed by atoms with Crippen molar-refractivity contribution in [2.24, 2.45) is 5.73 Å². The van der Waals surface area contributed by atoms with E-state index >= 15 is 0 Å². The number of amidine groups is 1. The van der Waals surface area contributed by atoms with Crippen LogP contribution in [0.15, 0.2) is 59.4 Å². The number of hydroxylamine groups is 1. The predicted molar refractivity (Wildman–Crippen MR) is 92.7 cm³/mol. The number of carbonyl (C=O) groups excluding carboxylic acids is 2. The molecule has 0 fully saturated rings. The first-order valence-corrected chi connectivity index (χ1v) is 7.57. The van der Waals surface area contributed by atoms with E-state index in [1.165, 1.54) is 18.6 Å². The fourth-order valence-corrected chi connectivity index (χ4v) is 2.35. The molecule has 0 atom stereocenters. The number of nitrogen functional groups attached to an aromatic ring is 1. The number of nitrogens with two attached hydrogens (primary N) is 1. The monoisotopic (exact) mass is 353 g/mol. The maximum atomic E-state index is 12.4. The van der Waals surface area contributed by atoms with Crippen molar-refractivity contribution >= 4 is 28.5 Å². The first kappa shape index (κ1) is 17.0. The zero-order valence-corrected chi connectivity index (χ0v) is 13.5. The molecule has 0 aliphatic rings. The number of hydrogen-bond acceptors (Lipinski definition) is 6. The molecule has 8 heteroatoms. The van der Waals surface area contributed by atoms with Gasteiger partial charge < -0.3 is 19.7 Å². The smallest absolute Gasteiger partial charge is 0.369 e. The van der Waals surface area contributed by atoms with Gasteiger partial charge in [0.2, 0.25) is 0 Å². The summed E-state index contributed by atoms with van der Waals surface area (Å²) in [5.41, 5.74) is 7.86. The van der Waals surface area contributed by atoms with Crippen LogP contribution in [0.25, 0.3) is 10.8 Å². The molecule has 0 spiro atoms. The number of carbonyl (C=O) groups is 2. The minimum absolute atomic E-state index is 0.0838. The number of ether oxygens (including phenoxy) is 1. The van der Waals surface area contributed by atoms with Crippen molar-refractivity contribution in [1.29, 1.82) is 5.41 Å². The molecule has 1 heterocycles. The van der Waals surface area contributed by atoms with Crippen molar-refractivity contribution in [3.05, 3.63) is 66.1 Å². The van der Waals surface area contributed by atoms with Gasteiger partial charge in [0.1, 0.15) is 11.6 Å². The van der Waals surface area contributed by atoms with E-state index in [4.69, 9.17) is 25.1 Å². The van der Waals surface area contributed by atoms with Gasteiger partial charge in [-0.1, -0.05) is 24.3 Å². The standard InChI is InChI=1S/C18H15N3O5/c19-17(20)13-7-6-11-8-24-9-14(11)16(13)18(23)21-26-15(22)10-25-12-4-2-1-3-5-12/h1-9H,10H2,(H3,19,20)(H,21,23). The molecule has 0 saturated heterocycles. The highest BCUT2D eigenvalue weighted by molar-refractivity contribution is 6.15. The lowest BCUT2D eigenvalue weighted by molar-refractivity contribution is -0.151. The van der Waals surface area contributed by atoms with Crippen LogP contribution >= 0.6 is 0 Å². The van der Waals surface area contributed by atoms with E-state index in [2.05, 4.69) is 0 Å². The maximum absolute atomic E-state index is 12.4. The van der Waals surface area contributed by atoms with Crippen LogP contribution in [0.5, 0.6) is 5.75 Å². The lowest BCUT2D eigenvalue weighted by Gasteiger charge is -2.10. The van der Waals surface area contributed by atoms with Gasteiger partial charge in [-0.15, -0.1) is 0 Å². The Labute approximate surface area is 148 Å². The van der Waals surface area contributed by atoms with Crippen molar-refractivity contribution in [2.75, 3.05) is 6.61 Å². The summed E-state index contributed by atoms with van der Waals surface area (Å²) in [6, 6.07) is 11.9. The van der Waals surface area contributed by atoms with Gasteiger partial charge in [0.05, 0.1) is 18.1 Å². The summed E-state index contributed by atoms with van der Waals surface area (Å²) >= 11 is 0. The average molecular weight is 353 g/mol. The number of furan rings is 1. The van der Waals surface area contributed by atoms with Crippen molar-refractivity contribution in [3.63, 3.8) is 0 Å². The number of para-hydroxylation sites is 1. The van der Waals surface area contributed by atoms with E-state index in [1.54, 1.807) is 30.3 Å². The largest absolute Gasteiger partial charge is 0.482 e. The van der Waals surface area contributed by atoms with Gasteiger partial charge in [0.25, 0.3) is 5.91 Å². The molecule has 0 radical (unpaired) electrons. The highest BCUT2D eigenvalue weighted by atomic mass is 16.7. The van der Waals surface area contributed by atoms with Gasteiger partial charge in [0, 0.05) is 16.3 Å². The van der Waals surface area contributed by atoms with E-state index < -0.39 is 11.9 Å². The van der Waals surface area contributed by atoms with Crippen molar-refractivity contribution in [3.8, 4) is 5.75 Å². The van der Waals surface area contributed by atoms with Crippen LogP contribution in [-0.2, 0) is 9.63 Å². The molecule has 0 bridgehead atoms. The molecule has 132 valence electrons. The normalized spacial score (nSPS) is 10.3. The number of amides is 1. The highest BCUT2D eigenvalue weighted by Crippen LogP contribution is 2.23. The molecule has 3 rings (SSSR count). The summed E-state index contributed by atoms with van der Waals surface area (Å²) in [4.78, 5) is 28.9. The molecular weight excluding hydrogens is 338 g/mol. The second-order valence-electron chi connectivity index (χ2n) is 5.28. The van der Waals surface area contributed by atoms with Crippen molar-refractivity contribution in [1.82, 2.24) is 5.48 Å². The first-order valence-electron chi connectivity index (χ1n) is 7.57. The van der Waals surface area contributed by atoms with Crippen molar-refractivity contribution in [2.45, 2.75) is 0 Å². The Morgan fingerprint density at radius 2 is 1.88 bits per heavy atom. The van der Waals surface area contributed by atoms with Gasteiger partial charge in [0.15, 0.2) is 6.61 Å². The number of hydrogen-bond donors (Lipinski definition) is 3. The van der Waals surface area contributed by atoms with Gasteiger partial charge in [-0.25, -0.2) is 4.79 Å². The van der Waals surface area contributed by atoms with E-state index in [-0.39, 0.29) is 23.6 Å². The molecule has 0 saturated carbocycles. The van der Waals surface area contributed by atoms with Gasteiger partial charge in [-0.05, 0) is 18.2 Å². The van der Waals surface area contributed by atoms with Crippen LogP contribution in [0, 0.1) is 5.41 Å². The fraction of sp³-hybridized carbons (Fsp3) is 0.0556. The van der Waals surface area contributed by atoms with Crippen LogP contribution in [-0.4, -0.2) is 24.3 Å². The van der Waals surface area contributed by atoms with E-state index in [0.29, 0.717) is 16.5 Å². The zero-order chi connectivity index (χ0) is 18.5. The molecule has 0 aliphatic carbocycles. The van der Waals surface area contributed by atoms with Crippen LogP contribution in [0.2, 0.25) is 0 Å². The number of benzene rings is 2. The van der Waals surface area contributed by atoms with Gasteiger partial charge >= 0.3 is 5.97 Å². The minimum atomic E-state index is -0.786. The van der Waals surface area contributed by atoms with Gasteiger partial charge in [-0.2, -0.15) is 5.48 Å². The summed E-state index contributed by atoms with van der Waals surface area (Å²) < 4.78 is 10.3. The fourth-order valence-electron chi connectivity index (χ4n) is 2.35. The van der Waals surface area contributed by atoms with Crippen LogP contribution < -0.4 is 16.0 Å². The van der Waals surface area contributed by atoms with Crippen LogP contribution in [0.1, 0.15) is 15.9 Å². The summed E-state index contributed by atoms with van der Waals surface area (Å²) in [6.07, 6.45) is 2.81. The third-order valence-corrected chi connectivity index (χ3v) is 3.53. The summed E-state index contributed by atoms with van der Waals surface area (Å²) in [5, 5.41) is 8.72. The van der Waals surface area contributed by atoms with Crippen LogP contribution in [0.3, 0.4) is 0 Å². The topological polar surface area (TPSA) is 128 Å². The Hall–Kier alpha value is -3.81. The average Bonchev–Trinajstić information content (AvgIpc) is 3.13. The first-order chi connectivity index (χ1) is 12.6. The number of nitrogens with one attached hydrogen (secondary N) is 2. The minimum Gasteiger partial charge on any atom is -0.482 e. The lowest BCUT2D eigenvalue weighted by atomic mass is 10.0. The number of fused-ring (bicyclic) bond motifs is 1. The predicted octanol–water partition coefficient (Wildman–Crippen LogP) is 1.98. The van der Waals surface area contributed by atoms with Gasteiger partial charge in [-0.3, -0.25) is 10.2 Å². The highest BCUT2D eigenvalue weighted by Gasteiger charge is 2.20.